The number of hydrogen-bond acceptors (Lipinski definition) is 5. The van der Waals surface area contributed by atoms with Crippen LogP contribution in [-0.4, -0.2) is 35.3 Å². The summed E-state index contributed by atoms with van der Waals surface area (Å²) in [6.07, 6.45) is 0. The number of phosphoric acid groups is 1. The molecule has 0 aromatic rings. The maximum atomic E-state index is 10.4. The van der Waals surface area contributed by atoms with Gasteiger partial charge in [-0.3, -0.25) is 15.5 Å². The van der Waals surface area contributed by atoms with Gasteiger partial charge in [0, 0.05) is 7.05 Å². The predicted molar refractivity (Wildman–Crippen MR) is 38.3 cm³/mol. The molecule has 0 radical (unpaired) electrons. The molecular weight excluding hydrogens is 247 g/mol. The number of likely N-dealkylation sites (N-methyl/N-ethyl adjacent to an activating group) is 1. The summed E-state index contributed by atoms with van der Waals surface area (Å²) in [5.41, 5.74) is 0. The predicted octanol–water partition coefficient (Wildman–Crippen LogP) is -9.20. The number of hydrogen-bond donors (Lipinski definition) is 3. The fourth-order valence-electron chi connectivity index (χ4n) is 0.561. The first-order chi connectivity index (χ1) is 5.70. The third-order valence-electron chi connectivity index (χ3n) is 1.02. The minimum Gasteiger partial charge on any atom is -0.790 e. The first-order valence-corrected chi connectivity index (χ1v) is 4.54. The van der Waals surface area contributed by atoms with E-state index in [-0.39, 0.29) is 71.0 Å². The SMILES string of the molecule is CN1CC(=O)NC1=N.O=P([O-])([O-])O.[Na+].[Na+]. The zero-order valence-electron chi connectivity index (χ0n) is 8.68. The fourth-order valence-corrected chi connectivity index (χ4v) is 0.561. The quantitative estimate of drug-likeness (QED) is 0.290. The Hall–Kier alpha value is 1.05. The monoisotopic (exact) mass is 255 g/mol. The molecule has 1 amide bonds. The van der Waals surface area contributed by atoms with Crippen molar-refractivity contribution in [3.8, 4) is 0 Å². The van der Waals surface area contributed by atoms with Gasteiger partial charge in [-0.15, -0.1) is 0 Å². The van der Waals surface area contributed by atoms with Gasteiger partial charge in [0.15, 0.2) is 5.96 Å². The van der Waals surface area contributed by atoms with E-state index in [1.54, 1.807) is 11.9 Å². The van der Waals surface area contributed by atoms with E-state index < -0.39 is 7.82 Å². The normalized spacial score (nSPS) is 14.3. The van der Waals surface area contributed by atoms with Crippen LogP contribution in [0.15, 0.2) is 0 Å². The zero-order chi connectivity index (χ0) is 10.6. The minimum atomic E-state index is -5.14. The maximum Gasteiger partial charge on any atom is 1.00 e. The number of guanidine groups is 1. The first-order valence-electron chi connectivity index (χ1n) is 3.04. The molecule has 1 aliphatic heterocycles. The fraction of sp³-hybridized carbons (Fsp3) is 0.500. The number of nitrogens with zero attached hydrogens (tertiary/aromatic N) is 1. The van der Waals surface area contributed by atoms with Crippen LogP contribution in [0.5, 0.6) is 0 Å². The molecule has 0 aromatic carbocycles. The van der Waals surface area contributed by atoms with E-state index in [1.807, 2.05) is 0 Å². The Kier molecular flexibility index (Phi) is 13.0. The molecule has 0 unspecified atom stereocenters. The summed E-state index contributed by atoms with van der Waals surface area (Å²) in [6, 6.07) is 0. The van der Waals surface area contributed by atoms with E-state index >= 15 is 0 Å². The van der Waals surface area contributed by atoms with E-state index in [2.05, 4.69) is 5.32 Å². The van der Waals surface area contributed by atoms with Crippen LogP contribution in [0, 0.1) is 5.41 Å². The average Bonchev–Trinajstić information content (AvgIpc) is 2.05. The standard InChI is InChI=1S/C4H7N3O.2Na.H3O4P/c1-7-2-3(8)6-4(7)5;;;1-5(2,3)4/h2H2,1H3,(H2,5,6,8);;;(H3,1,2,3,4)/q;2*+1;/p-2. The van der Waals surface area contributed by atoms with Crippen molar-refractivity contribution in [2.75, 3.05) is 13.6 Å². The van der Waals surface area contributed by atoms with E-state index in [9.17, 15) is 4.79 Å². The molecule has 1 fully saturated rings. The molecule has 0 aliphatic carbocycles. The molecular formula is C4H8N3Na2O5P. The molecule has 76 valence electrons. The molecule has 0 saturated carbocycles. The number of carbonyl (C=O) groups excluding carboxylic acids is 1. The third kappa shape index (κ3) is 15.1. The molecule has 1 saturated heterocycles. The van der Waals surface area contributed by atoms with Crippen LogP contribution in [0.4, 0.5) is 0 Å². The summed E-state index contributed by atoms with van der Waals surface area (Å²) in [5, 5.41) is 9.32. The van der Waals surface area contributed by atoms with E-state index in [4.69, 9.17) is 24.7 Å². The van der Waals surface area contributed by atoms with Crippen LogP contribution >= 0.6 is 7.82 Å². The molecule has 1 rings (SSSR count). The summed E-state index contributed by atoms with van der Waals surface area (Å²) >= 11 is 0. The second-order valence-electron chi connectivity index (χ2n) is 2.22. The van der Waals surface area contributed by atoms with Crippen LogP contribution < -0.4 is 74.2 Å². The molecule has 11 heteroatoms. The van der Waals surface area contributed by atoms with Gasteiger partial charge in [-0.05, 0) is 0 Å². The topological polar surface area (TPSA) is 140 Å². The van der Waals surface area contributed by atoms with Gasteiger partial charge >= 0.3 is 59.1 Å². The molecule has 0 bridgehead atoms. The zero-order valence-corrected chi connectivity index (χ0v) is 13.6. The van der Waals surface area contributed by atoms with Gasteiger partial charge in [-0.25, -0.2) is 0 Å². The van der Waals surface area contributed by atoms with E-state index in [0.717, 1.165) is 0 Å². The Labute approximate surface area is 131 Å². The van der Waals surface area contributed by atoms with Crippen molar-refractivity contribution < 1.29 is 83.2 Å². The molecule has 15 heavy (non-hydrogen) atoms. The van der Waals surface area contributed by atoms with Gasteiger partial charge in [0.2, 0.25) is 5.91 Å². The van der Waals surface area contributed by atoms with Gasteiger partial charge in [0.25, 0.3) is 0 Å². The summed E-state index contributed by atoms with van der Waals surface area (Å²) in [6.45, 7) is 0.318. The van der Waals surface area contributed by atoms with Gasteiger partial charge < -0.3 is 24.1 Å². The Balaban J connectivity index is -0.000000185. The van der Waals surface area contributed by atoms with E-state index in [1.165, 1.54) is 0 Å². The van der Waals surface area contributed by atoms with Crippen LogP contribution in [0.2, 0.25) is 0 Å². The molecule has 3 N–H and O–H groups in total. The first kappa shape index (κ1) is 21.3. The molecule has 0 aromatic heterocycles. The average molecular weight is 255 g/mol. The minimum absolute atomic E-state index is 0. The Morgan fingerprint density at radius 3 is 1.93 bits per heavy atom. The van der Waals surface area contributed by atoms with Crippen molar-refractivity contribution in [1.29, 1.82) is 5.41 Å². The number of carbonyl (C=O) groups is 1. The summed E-state index contributed by atoms with van der Waals surface area (Å²) in [7, 11) is -3.44. The molecule has 8 nitrogen and oxygen atoms in total. The second kappa shape index (κ2) is 9.12. The van der Waals surface area contributed by atoms with Gasteiger partial charge in [0.05, 0.1) is 14.4 Å². The smallest absolute Gasteiger partial charge is 0.790 e. The van der Waals surface area contributed by atoms with Crippen LogP contribution in [0.3, 0.4) is 0 Å². The Bertz CT molecular complexity index is 261. The third-order valence-corrected chi connectivity index (χ3v) is 1.02. The molecule has 0 atom stereocenters. The van der Waals surface area contributed by atoms with E-state index in [0.29, 0.717) is 6.54 Å². The van der Waals surface area contributed by atoms with Crippen molar-refractivity contribution in [3.63, 3.8) is 0 Å². The van der Waals surface area contributed by atoms with Crippen molar-refractivity contribution in [2.45, 2.75) is 0 Å². The van der Waals surface area contributed by atoms with Crippen LogP contribution in [-0.2, 0) is 9.36 Å². The van der Waals surface area contributed by atoms with Crippen molar-refractivity contribution in [2.24, 2.45) is 0 Å². The van der Waals surface area contributed by atoms with Gasteiger partial charge in [0.1, 0.15) is 0 Å². The Morgan fingerprint density at radius 2 is 1.87 bits per heavy atom. The number of nitrogens with one attached hydrogen (secondary N) is 2. The van der Waals surface area contributed by atoms with Crippen molar-refractivity contribution in [1.82, 2.24) is 10.2 Å². The van der Waals surface area contributed by atoms with Crippen molar-refractivity contribution in [3.05, 3.63) is 0 Å². The van der Waals surface area contributed by atoms with Crippen LogP contribution in [0.25, 0.3) is 0 Å². The maximum absolute atomic E-state index is 10.4. The molecule has 0 spiro atoms. The van der Waals surface area contributed by atoms with Gasteiger partial charge in [-0.1, -0.05) is 0 Å². The van der Waals surface area contributed by atoms with Gasteiger partial charge in [-0.2, -0.15) is 0 Å². The number of rotatable bonds is 0. The van der Waals surface area contributed by atoms with Crippen LogP contribution in [0.1, 0.15) is 0 Å². The number of amides is 1. The summed E-state index contributed by atoms with van der Waals surface area (Å²) < 4.78 is 8.66. The summed E-state index contributed by atoms with van der Waals surface area (Å²) in [5.74, 6) is 0.0903. The molecule has 1 heterocycles. The largest absolute Gasteiger partial charge is 1.00 e. The van der Waals surface area contributed by atoms with Crippen molar-refractivity contribution >= 4 is 19.7 Å². The Morgan fingerprint density at radius 1 is 1.53 bits per heavy atom. The molecule has 1 aliphatic rings. The summed E-state index contributed by atoms with van der Waals surface area (Å²) in [4.78, 5) is 36.2. The second-order valence-corrected chi connectivity index (χ2v) is 3.16.